The van der Waals surface area contributed by atoms with Gasteiger partial charge in [-0.2, -0.15) is 0 Å². The maximum absolute atomic E-state index is 10.8. The van der Waals surface area contributed by atoms with Crippen LogP contribution >= 0.6 is 0 Å². The summed E-state index contributed by atoms with van der Waals surface area (Å²) in [5.41, 5.74) is 0. The molecule has 1 aromatic rings. The second kappa shape index (κ2) is 13.4. The number of hydrogen-bond acceptors (Lipinski definition) is 3. The van der Waals surface area contributed by atoms with Crippen molar-refractivity contribution in [2.24, 2.45) is 0 Å². The van der Waals surface area contributed by atoms with Gasteiger partial charge in [0.25, 0.3) is 0 Å². The van der Waals surface area contributed by atoms with Crippen molar-refractivity contribution < 1.29 is 9.59 Å². The zero-order chi connectivity index (χ0) is 14.4. The predicted octanol–water partition coefficient (Wildman–Crippen LogP) is 3.44. The molecule has 4 heteroatoms. The molecule has 1 rings (SSSR count). The first-order valence-electron chi connectivity index (χ1n) is 6.30. The van der Waals surface area contributed by atoms with Crippen molar-refractivity contribution in [1.29, 1.82) is 0 Å². The van der Waals surface area contributed by atoms with Crippen molar-refractivity contribution in [2.45, 2.75) is 47.5 Å². The Balaban J connectivity index is 0. The summed E-state index contributed by atoms with van der Waals surface area (Å²) < 4.78 is 0. The highest BCUT2D eigenvalue weighted by Gasteiger charge is 1.96. The highest BCUT2D eigenvalue weighted by molar-refractivity contribution is 5.89. The summed E-state index contributed by atoms with van der Waals surface area (Å²) >= 11 is 0. The number of anilines is 1. The molecule has 1 N–H and O–H groups in total. The van der Waals surface area contributed by atoms with E-state index in [2.05, 4.69) is 10.3 Å². The van der Waals surface area contributed by atoms with Crippen LogP contribution in [0.1, 0.15) is 47.5 Å². The van der Waals surface area contributed by atoms with E-state index >= 15 is 0 Å². The molecule has 0 bridgehead atoms. The summed E-state index contributed by atoms with van der Waals surface area (Å²) in [6, 6.07) is 5.40. The molecule has 0 atom stereocenters. The van der Waals surface area contributed by atoms with Gasteiger partial charge in [0.1, 0.15) is 11.6 Å². The highest BCUT2D eigenvalue weighted by atomic mass is 16.1. The van der Waals surface area contributed by atoms with E-state index in [0.717, 1.165) is 0 Å². The first-order valence-corrected chi connectivity index (χ1v) is 6.30. The van der Waals surface area contributed by atoms with Crippen LogP contribution in [-0.2, 0) is 9.59 Å². The first kappa shape index (κ1) is 18.6. The topological polar surface area (TPSA) is 59.1 Å². The Morgan fingerprint density at radius 2 is 1.72 bits per heavy atom. The zero-order valence-electron chi connectivity index (χ0n) is 12.0. The molecule has 0 saturated heterocycles. The van der Waals surface area contributed by atoms with Crippen LogP contribution in [-0.4, -0.2) is 16.7 Å². The van der Waals surface area contributed by atoms with Crippen molar-refractivity contribution in [2.75, 3.05) is 5.32 Å². The fraction of sp³-hybridized carbons (Fsp3) is 0.500. The monoisotopic (exact) mass is 252 g/mol. The molecule has 0 spiro atoms. The van der Waals surface area contributed by atoms with Crippen LogP contribution in [0.2, 0.25) is 0 Å². The third-order valence-electron chi connectivity index (χ3n) is 1.75. The van der Waals surface area contributed by atoms with Gasteiger partial charge in [-0.25, -0.2) is 4.98 Å². The van der Waals surface area contributed by atoms with Gasteiger partial charge in [-0.3, -0.25) is 4.79 Å². The van der Waals surface area contributed by atoms with Crippen molar-refractivity contribution in [3.05, 3.63) is 24.4 Å². The van der Waals surface area contributed by atoms with Crippen LogP contribution in [0.15, 0.2) is 24.4 Å². The lowest BCUT2D eigenvalue weighted by Crippen LogP contribution is -2.10. The van der Waals surface area contributed by atoms with Crippen LogP contribution in [0.5, 0.6) is 0 Å². The van der Waals surface area contributed by atoms with E-state index in [1.54, 1.807) is 26.1 Å². The van der Waals surface area contributed by atoms with Crippen LogP contribution in [0, 0.1) is 0 Å². The smallest absolute Gasteiger partial charge is 0.225 e. The maximum Gasteiger partial charge on any atom is 0.225 e. The molecule has 0 saturated carbocycles. The van der Waals surface area contributed by atoms with Crippen LogP contribution in [0.3, 0.4) is 0 Å². The summed E-state index contributed by atoms with van der Waals surface area (Å²) in [7, 11) is 0. The number of carbonyl (C=O) groups is 2. The van der Waals surface area contributed by atoms with E-state index in [4.69, 9.17) is 0 Å². The fourth-order valence-electron chi connectivity index (χ4n) is 0.668. The number of nitrogens with one attached hydrogen (secondary N) is 1. The number of hydrogen-bond donors (Lipinski definition) is 1. The third kappa shape index (κ3) is 12.4. The van der Waals surface area contributed by atoms with E-state index in [-0.39, 0.29) is 11.7 Å². The van der Waals surface area contributed by atoms with E-state index in [0.29, 0.717) is 18.7 Å². The normalized spacial score (nSPS) is 8.06. The summed E-state index contributed by atoms with van der Waals surface area (Å²) in [6.45, 7) is 9.24. The van der Waals surface area contributed by atoms with E-state index < -0.39 is 0 Å². The van der Waals surface area contributed by atoms with Gasteiger partial charge in [0.15, 0.2) is 0 Å². The van der Waals surface area contributed by atoms with Gasteiger partial charge in [0, 0.05) is 19.0 Å². The second-order valence-electron chi connectivity index (χ2n) is 3.17. The fourth-order valence-corrected chi connectivity index (χ4v) is 0.668. The number of amides is 1. The molecular formula is C14H24N2O2. The molecule has 0 fully saturated rings. The summed E-state index contributed by atoms with van der Waals surface area (Å²) in [6.07, 6.45) is 2.79. The van der Waals surface area contributed by atoms with Crippen LogP contribution < -0.4 is 5.32 Å². The van der Waals surface area contributed by atoms with Gasteiger partial charge in [-0.15, -0.1) is 0 Å². The lowest BCUT2D eigenvalue weighted by atomic mass is 10.4. The molecule has 4 nitrogen and oxygen atoms in total. The number of rotatable bonds is 3. The molecule has 0 aliphatic carbocycles. The minimum atomic E-state index is -0.0105. The molecule has 0 aliphatic rings. The summed E-state index contributed by atoms with van der Waals surface area (Å²) in [5.74, 6) is 0.855. The molecule has 0 radical (unpaired) electrons. The van der Waals surface area contributed by atoms with E-state index in [9.17, 15) is 9.59 Å². The average molecular weight is 252 g/mol. The Hall–Kier alpha value is -1.71. The molecule has 18 heavy (non-hydrogen) atoms. The summed E-state index contributed by atoms with van der Waals surface area (Å²) in [4.78, 5) is 24.6. The van der Waals surface area contributed by atoms with Crippen molar-refractivity contribution in [1.82, 2.24) is 4.98 Å². The summed E-state index contributed by atoms with van der Waals surface area (Å²) in [5, 5.41) is 2.64. The number of nitrogens with zero attached hydrogens (tertiary/aromatic N) is 1. The predicted molar refractivity (Wildman–Crippen MR) is 75.5 cm³/mol. The van der Waals surface area contributed by atoms with Crippen molar-refractivity contribution in [3.8, 4) is 0 Å². The maximum atomic E-state index is 10.8. The van der Waals surface area contributed by atoms with Gasteiger partial charge in [-0.05, 0) is 19.1 Å². The molecule has 0 aromatic carbocycles. The Labute approximate surface area is 110 Å². The Morgan fingerprint density at radius 3 is 2.06 bits per heavy atom. The quantitative estimate of drug-likeness (QED) is 0.896. The molecule has 0 unspecified atom stereocenters. The van der Waals surface area contributed by atoms with Crippen LogP contribution in [0.4, 0.5) is 5.82 Å². The number of pyridine rings is 1. The lowest BCUT2D eigenvalue weighted by Gasteiger charge is -1.99. The number of ketones is 1. The van der Waals surface area contributed by atoms with Crippen molar-refractivity contribution in [3.63, 3.8) is 0 Å². The van der Waals surface area contributed by atoms with Gasteiger partial charge in [0.05, 0.1) is 0 Å². The molecule has 1 amide bonds. The zero-order valence-corrected chi connectivity index (χ0v) is 12.0. The number of Topliss-reactive ketones (excluding diaryl/α,β-unsaturated/α-hetero) is 1. The largest absolute Gasteiger partial charge is 0.311 e. The lowest BCUT2D eigenvalue weighted by molar-refractivity contribution is -0.117. The molecule has 1 aromatic heterocycles. The molecular weight excluding hydrogens is 228 g/mol. The van der Waals surface area contributed by atoms with Gasteiger partial charge >= 0.3 is 0 Å². The molecule has 0 aliphatic heterocycles. The standard InChI is InChI=1S/C8H10N2O.C4H8O.C2H6/c1-2-8(11)10-7-5-3-4-6-9-7;1-3-4(2)5;1-2/h3-6H,2H2,1H3,(H,9,10,11);3H2,1-2H3;1-2H3. The number of aromatic nitrogens is 1. The van der Waals surface area contributed by atoms with E-state index in [1.807, 2.05) is 32.9 Å². The SMILES string of the molecule is CC.CCC(=O)Nc1ccccn1.CCC(C)=O. The second-order valence-corrected chi connectivity index (χ2v) is 3.17. The van der Waals surface area contributed by atoms with E-state index in [1.165, 1.54) is 0 Å². The third-order valence-corrected chi connectivity index (χ3v) is 1.75. The Kier molecular flexibility index (Phi) is 13.8. The average Bonchev–Trinajstić information content (AvgIpc) is 2.42. The highest BCUT2D eigenvalue weighted by Crippen LogP contribution is 1.99. The van der Waals surface area contributed by atoms with Gasteiger partial charge in [0.2, 0.25) is 5.91 Å². The van der Waals surface area contributed by atoms with Crippen LogP contribution in [0.25, 0.3) is 0 Å². The first-order chi connectivity index (χ1) is 8.60. The minimum absolute atomic E-state index is 0.0105. The molecule has 102 valence electrons. The van der Waals surface area contributed by atoms with Gasteiger partial charge < -0.3 is 10.1 Å². The number of carbonyl (C=O) groups excluding carboxylic acids is 2. The minimum Gasteiger partial charge on any atom is -0.311 e. The Bertz CT molecular complexity index is 324. The molecule has 1 heterocycles. The van der Waals surface area contributed by atoms with Crippen molar-refractivity contribution >= 4 is 17.5 Å². The van der Waals surface area contributed by atoms with Gasteiger partial charge in [-0.1, -0.05) is 33.8 Å². The Morgan fingerprint density at radius 1 is 1.17 bits per heavy atom.